The van der Waals surface area contributed by atoms with Crippen molar-refractivity contribution < 1.29 is 17.9 Å². The third kappa shape index (κ3) is 3.86. The summed E-state index contributed by atoms with van der Waals surface area (Å²) in [4.78, 5) is 13.6. The summed E-state index contributed by atoms with van der Waals surface area (Å²) in [5, 5.41) is 0. The summed E-state index contributed by atoms with van der Waals surface area (Å²) in [6.07, 6.45) is 0. The Labute approximate surface area is 142 Å². The second-order valence-electron chi connectivity index (χ2n) is 5.51. The molecule has 1 amide bonds. The van der Waals surface area contributed by atoms with Gasteiger partial charge in [0, 0.05) is 25.3 Å². The van der Waals surface area contributed by atoms with Crippen molar-refractivity contribution >= 4 is 21.6 Å². The molecule has 2 aromatic rings. The van der Waals surface area contributed by atoms with Crippen molar-refractivity contribution in [3.63, 3.8) is 0 Å². The number of anilines is 1. The van der Waals surface area contributed by atoms with Crippen molar-refractivity contribution in [2.24, 2.45) is 0 Å². The number of amides is 1. The fraction of sp³-hybridized carbons (Fsp3) is 0.235. The molecule has 0 bridgehead atoms. The van der Waals surface area contributed by atoms with Crippen molar-refractivity contribution in [1.29, 1.82) is 0 Å². The molecule has 2 rings (SSSR count). The van der Waals surface area contributed by atoms with Gasteiger partial charge < -0.3 is 9.64 Å². The molecule has 128 valence electrons. The number of nitrogens with one attached hydrogen (secondary N) is 1. The molecule has 24 heavy (non-hydrogen) atoms. The van der Waals surface area contributed by atoms with Gasteiger partial charge in [-0.25, -0.2) is 8.42 Å². The molecule has 0 aliphatic rings. The van der Waals surface area contributed by atoms with Crippen molar-refractivity contribution in [2.75, 3.05) is 25.9 Å². The minimum atomic E-state index is -3.79. The van der Waals surface area contributed by atoms with E-state index < -0.39 is 10.0 Å². The Bertz CT molecular complexity index is 843. The zero-order chi connectivity index (χ0) is 17.9. The van der Waals surface area contributed by atoms with Crippen LogP contribution in [0.3, 0.4) is 0 Å². The first-order chi connectivity index (χ1) is 11.2. The van der Waals surface area contributed by atoms with Crippen LogP contribution in [0.15, 0.2) is 47.4 Å². The first-order valence-corrected chi connectivity index (χ1v) is 8.72. The monoisotopic (exact) mass is 348 g/mol. The molecular formula is C17H20N2O4S. The van der Waals surface area contributed by atoms with Crippen molar-refractivity contribution in [3.8, 4) is 5.75 Å². The molecule has 0 saturated carbocycles. The average molecular weight is 348 g/mol. The van der Waals surface area contributed by atoms with Gasteiger partial charge >= 0.3 is 0 Å². The van der Waals surface area contributed by atoms with Crippen molar-refractivity contribution in [1.82, 2.24) is 4.90 Å². The van der Waals surface area contributed by atoms with Gasteiger partial charge in [-0.1, -0.05) is 6.07 Å². The van der Waals surface area contributed by atoms with E-state index in [4.69, 9.17) is 4.74 Å². The lowest BCUT2D eigenvalue weighted by atomic mass is 10.1. The maximum atomic E-state index is 12.5. The van der Waals surface area contributed by atoms with Gasteiger partial charge in [0.1, 0.15) is 5.75 Å². The van der Waals surface area contributed by atoms with Gasteiger partial charge in [0.2, 0.25) is 0 Å². The molecule has 1 N–H and O–H groups in total. The number of methoxy groups -OCH3 is 1. The Morgan fingerprint density at radius 1 is 1.08 bits per heavy atom. The number of carbonyl (C=O) groups excluding carboxylic acids is 1. The van der Waals surface area contributed by atoms with Gasteiger partial charge in [0.05, 0.1) is 12.0 Å². The SMILES string of the molecule is COc1ccc(NS(=O)(=O)c2ccc(C)c(C(=O)N(C)C)c2)cc1. The van der Waals surface area contributed by atoms with E-state index in [0.29, 0.717) is 17.0 Å². The summed E-state index contributed by atoms with van der Waals surface area (Å²) < 4.78 is 32.6. The topological polar surface area (TPSA) is 75.7 Å². The Morgan fingerprint density at radius 3 is 2.25 bits per heavy atom. The zero-order valence-electron chi connectivity index (χ0n) is 14.0. The zero-order valence-corrected chi connectivity index (χ0v) is 14.8. The highest BCUT2D eigenvalue weighted by Crippen LogP contribution is 2.21. The normalized spacial score (nSPS) is 11.0. The summed E-state index contributed by atoms with van der Waals surface area (Å²) in [5.74, 6) is 0.390. The molecular weight excluding hydrogens is 328 g/mol. The summed E-state index contributed by atoms with van der Waals surface area (Å²) >= 11 is 0. The second kappa shape index (κ2) is 6.92. The number of nitrogens with zero attached hydrogens (tertiary/aromatic N) is 1. The van der Waals surface area contributed by atoms with Gasteiger partial charge in [-0.15, -0.1) is 0 Å². The molecule has 0 spiro atoms. The maximum absolute atomic E-state index is 12.5. The minimum Gasteiger partial charge on any atom is -0.497 e. The van der Waals surface area contributed by atoms with E-state index in [2.05, 4.69) is 4.72 Å². The van der Waals surface area contributed by atoms with E-state index in [1.165, 1.54) is 24.1 Å². The highest BCUT2D eigenvalue weighted by molar-refractivity contribution is 7.92. The van der Waals surface area contributed by atoms with Gasteiger partial charge in [-0.2, -0.15) is 0 Å². The number of benzene rings is 2. The third-order valence-electron chi connectivity index (χ3n) is 3.50. The maximum Gasteiger partial charge on any atom is 0.261 e. The standard InChI is InChI=1S/C17H20N2O4S/c1-12-5-10-15(11-16(12)17(20)19(2)3)24(21,22)18-13-6-8-14(23-4)9-7-13/h5-11,18H,1-4H3. The van der Waals surface area contributed by atoms with Gasteiger partial charge in [0.15, 0.2) is 0 Å². The first-order valence-electron chi connectivity index (χ1n) is 7.24. The van der Waals surface area contributed by atoms with Crippen LogP contribution in [0, 0.1) is 6.92 Å². The molecule has 6 nitrogen and oxygen atoms in total. The minimum absolute atomic E-state index is 0.0362. The van der Waals surface area contributed by atoms with Crippen LogP contribution in [-0.2, 0) is 10.0 Å². The summed E-state index contributed by atoms with van der Waals surface area (Å²) in [7, 11) is 0.991. The van der Waals surface area contributed by atoms with Crippen LogP contribution in [-0.4, -0.2) is 40.4 Å². The molecule has 0 fully saturated rings. The van der Waals surface area contributed by atoms with Gasteiger partial charge in [-0.05, 0) is 48.9 Å². The molecule has 7 heteroatoms. The second-order valence-corrected chi connectivity index (χ2v) is 7.19. The van der Waals surface area contributed by atoms with E-state index in [1.54, 1.807) is 51.4 Å². The molecule has 0 aliphatic carbocycles. The van der Waals surface area contributed by atoms with E-state index in [9.17, 15) is 13.2 Å². The predicted octanol–water partition coefficient (Wildman–Crippen LogP) is 2.51. The number of carbonyl (C=O) groups is 1. The van der Waals surface area contributed by atoms with E-state index in [0.717, 1.165) is 5.56 Å². The smallest absolute Gasteiger partial charge is 0.261 e. The molecule has 0 saturated heterocycles. The summed E-state index contributed by atoms with van der Waals surface area (Å²) in [5.41, 5.74) is 1.49. The Morgan fingerprint density at radius 2 is 1.71 bits per heavy atom. The number of ether oxygens (including phenoxy) is 1. The summed E-state index contributed by atoms with van der Waals surface area (Å²) in [6.45, 7) is 1.77. The lowest BCUT2D eigenvalue weighted by molar-refractivity contribution is 0.0826. The predicted molar refractivity (Wildman–Crippen MR) is 93.0 cm³/mol. The number of hydrogen-bond acceptors (Lipinski definition) is 4. The molecule has 0 radical (unpaired) electrons. The lowest BCUT2D eigenvalue weighted by Crippen LogP contribution is -2.23. The Kier molecular flexibility index (Phi) is 5.14. The third-order valence-corrected chi connectivity index (χ3v) is 4.88. The van der Waals surface area contributed by atoms with Crippen LogP contribution in [0.5, 0.6) is 5.75 Å². The molecule has 0 heterocycles. The van der Waals surface area contributed by atoms with Gasteiger partial charge in [-0.3, -0.25) is 9.52 Å². The highest BCUT2D eigenvalue weighted by atomic mass is 32.2. The molecule has 0 aromatic heterocycles. The first kappa shape index (κ1) is 17.8. The molecule has 0 unspecified atom stereocenters. The van der Waals surface area contributed by atoms with E-state index >= 15 is 0 Å². The fourth-order valence-corrected chi connectivity index (χ4v) is 3.20. The van der Waals surface area contributed by atoms with Crippen molar-refractivity contribution in [3.05, 3.63) is 53.6 Å². The number of hydrogen-bond donors (Lipinski definition) is 1. The summed E-state index contributed by atoms with van der Waals surface area (Å²) in [6, 6.07) is 11.0. The lowest BCUT2D eigenvalue weighted by Gasteiger charge is -2.14. The molecule has 0 aliphatic heterocycles. The number of aryl methyl sites for hydroxylation is 1. The highest BCUT2D eigenvalue weighted by Gasteiger charge is 2.19. The number of rotatable bonds is 5. The van der Waals surface area contributed by atoms with Gasteiger partial charge in [0.25, 0.3) is 15.9 Å². The van der Waals surface area contributed by atoms with Crippen LogP contribution in [0.4, 0.5) is 5.69 Å². The average Bonchev–Trinajstić information content (AvgIpc) is 2.54. The molecule has 0 atom stereocenters. The Hall–Kier alpha value is -2.54. The fourth-order valence-electron chi connectivity index (χ4n) is 2.11. The van der Waals surface area contributed by atoms with Crippen LogP contribution in [0.2, 0.25) is 0 Å². The van der Waals surface area contributed by atoms with E-state index in [1.807, 2.05) is 0 Å². The van der Waals surface area contributed by atoms with Crippen LogP contribution >= 0.6 is 0 Å². The largest absolute Gasteiger partial charge is 0.497 e. The quantitative estimate of drug-likeness (QED) is 0.901. The Balaban J connectivity index is 2.35. The van der Waals surface area contributed by atoms with Crippen LogP contribution < -0.4 is 9.46 Å². The van der Waals surface area contributed by atoms with E-state index in [-0.39, 0.29) is 10.8 Å². The van der Waals surface area contributed by atoms with Crippen LogP contribution in [0.1, 0.15) is 15.9 Å². The van der Waals surface area contributed by atoms with Crippen molar-refractivity contribution in [2.45, 2.75) is 11.8 Å². The number of sulfonamides is 1. The van der Waals surface area contributed by atoms with Crippen LogP contribution in [0.25, 0.3) is 0 Å². The molecule has 2 aromatic carbocycles.